The van der Waals surface area contributed by atoms with Crippen molar-refractivity contribution < 1.29 is 0 Å². The highest BCUT2D eigenvalue weighted by Crippen LogP contribution is 2.26. The summed E-state index contributed by atoms with van der Waals surface area (Å²) in [5.41, 5.74) is 2.83. The van der Waals surface area contributed by atoms with E-state index in [0.717, 1.165) is 26.2 Å². The SMILES string of the molecule is Cc1ccc(-c2nnc3sc(-c4cccc(Br)c4)nn3c2=O)cc1. The average molecular weight is 399 g/mol. The molecule has 0 aliphatic heterocycles. The molecule has 0 fully saturated rings. The second-order valence-electron chi connectivity index (χ2n) is 5.33. The van der Waals surface area contributed by atoms with E-state index in [1.165, 1.54) is 15.9 Å². The third-order valence-electron chi connectivity index (χ3n) is 3.59. The van der Waals surface area contributed by atoms with Crippen LogP contribution in [-0.2, 0) is 0 Å². The molecule has 0 unspecified atom stereocenters. The van der Waals surface area contributed by atoms with E-state index in [-0.39, 0.29) is 5.56 Å². The van der Waals surface area contributed by atoms with Gasteiger partial charge in [-0.3, -0.25) is 4.79 Å². The van der Waals surface area contributed by atoms with Crippen molar-refractivity contribution in [3.63, 3.8) is 0 Å². The van der Waals surface area contributed by atoms with Gasteiger partial charge in [0, 0.05) is 15.6 Å². The second kappa shape index (κ2) is 5.92. The molecular formula is C17H11BrN4OS. The zero-order chi connectivity index (χ0) is 16.7. The molecule has 2 heterocycles. The van der Waals surface area contributed by atoms with Crippen molar-refractivity contribution in [2.24, 2.45) is 0 Å². The first-order valence-corrected chi connectivity index (χ1v) is 8.82. The number of hydrogen-bond donors (Lipinski definition) is 0. The maximum absolute atomic E-state index is 12.7. The Kier molecular flexibility index (Phi) is 3.74. The highest BCUT2D eigenvalue weighted by Gasteiger charge is 2.14. The third kappa shape index (κ3) is 2.65. The molecule has 24 heavy (non-hydrogen) atoms. The van der Waals surface area contributed by atoms with Crippen molar-refractivity contribution in [1.82, 2.24) is 19.8 Å². The van der Waals surface area contributed by atoms with Gasteiger partial charge in [-0.25, -0.2) is 0 Å². The maximum atomic E-state index is 12.7. The Hall–Kier alpha value is -2.38. The minimum absolute atomic E-state index is 0.263. The number of hydrogen-bond acceptors (Lipinski definition) is 5. The molecule has 7 heteroatoms. The van der Waals surface area contributed by atoms with Gasteiger partial charge >= 0.3 is 5.56 Å². The van der Waals surface area contributed by atoms with E-state index in [1.807, 2.05) is 55.5 Å². The van der Waals surface area contributed by atoms with Crippen molar-refractivity contribution >= 4 is 32.2 Å². The van der Waals surface area contributed by atoms with E-state index in [0.29, 0.717) is 10.7 Å². The van der Waals surface area contributed by atoms with Crippen LogP contribution in [0.15, 0.2) is 57.8 Å². The van der Waals surface area contributed by atoms with Crippen LogP contribution in [0, 0.1) is 6.92 Å². The summed E-state index contributed by atoms with van der Waals surface area (Å²) in [6.07, 6.45) is 0. The van der Waals surface area contributed by atoms with Crippen molar-refractivity contribution in [2.45, 2.75) is 6.92 Å². The molecule has 0 bridgehead atoms. The van der Waals surface area contributed by atoms with Gasteiger partial charge in [0.2, 0.25) is 4.96 Å². The standard InChI is InChI=1S/C17H11BrN4OS/c1-10-5-7-11(8-6-10)14-16(23)22-17(20-19-14)24-15(21-22)12-3-2-4-13(18)9-12/h2-9H,1H3. The fraction of sp³-hybridized carbons (Fsp3) is 0.0588. The average Bonchev–Trinajstić information content (AvgIpc) is 3.02. The summed E-state index contributed by atoms with van der Waals surface area (Å²) < 4.78 is 2.28. The molecule has 0 saturated carbocycles. The van der Waals surface area contributed by atoms with Gasteiger partial charge in [0.1, 0.15) is 5.01 Å². The van der Waals surface area contributed by atoms with Crippen molar-refractivity contribution in [3.8, 4) is 21.8 Å². The fourth-order valence-electron chi connectivity index (χ4n) is 2.35. The summed E-state index contributed by atoms with van der Waals surface area (Å²) >= 11 is 4.78. The summed E-state index contributed by atoms with van der Waals surface area (Å²) in [6.45, 7) is 2.00. The van der Waals surface area contributed by atoms with E-state index < -0.39 is 0 Å². The molecule has 0 aliphatic rings. The molecule has 118 valence electrons. The van der Waals surface area contributed by atoms with Gasteiger partial charge in [0.25, 0.3) is 0 Å². The van der Waals surface area contributed by atoms with Crippen LogP contribution >= 0.6 is 27.3 Å². The molecule has 5 nitrogen and oxygen atoms in total. The van der Waals surface area contributed by atoms with Crippen LogP contribution in [0.4, 0.5) is 0 Å². The monoisotopic (exact) mass is 398 g/mol. The molecule has 0 spiro atoms. The highest BCUT2D eigenvalue weighted by molar-refractivity contribution is 9.10. The highest BCUT2D eigenvalue weighted by atomic mass is 79.9. The molecular weight excluding hydrogens is 388 g/mol. The molecule has 2 aromatic heterocycles. The zero-order valence-corrected chi connectivity index (χ0v) is 15.0. The van der Waals surface area contributed by atoms with Crippen molar-refractivity contribution in [3.05, 3.63) is 68.9 Å². The Bertz CT molecular complexity index is 1100. The fourth-order valence-corrected chi connectivity index (χ4v) is 3.58. The Morgan fingerprint density at radius 3 is 2.58 bits per heavy atom. The number of aromatic nitrogens is 4. The van der Waals surface area contributed by atoms with Gasteiger partial charge in [-0.2, -0.15) is 9.61 Å². The first kappa shape index (κ1) is 15.2. The number of rotatable bonds is 2. The molecule has 2 aromatic carbocycles. The lowest BCUT2D eigenvalue weighted by atomic mass is 10.1. The minimum atomic E-state index is -0.263. The Morgan fingerprint density at radius 1 is 1.04 bits per heavy atom. The summed E-state index contributed by atoms with van der Waals surface area (Å²) in [5.74, 6) is 0. The van der Waals surface area contributed by atoms with E-state index in [2.05, 4.69) is 31.2 Å². The van der Waals surface area contributed by atoms with Crippen LogP contribution in [0.2, 0.25) is 0 Å². The number of benzene rings is 2. The third-order valence-corrected chi connectivity index (χ3v) is 5.03. The molecule has 0 amide bonds. The molecule has 0 N–H and O–H groups in total. The molecule has 4 rings (SSSR count). The predicted molar refractivity (Wildman–Crippen MR) is 98.2 cm³/mol. The first-order valence-electron chi connectivity index (χ1n) is 7.21. The van der Waals surface area contributed by atoms with E-state index >= 15 is 0 Å². The van der Waals surface area contributed by atoms with Crippen molar-refractivity contribution in [2.75, 3.05) is 0 Å². The van der Waals surface area contributed by atoms with Gasteiger partial charge in [0.15, 0.2) is 5.69 Å². The summed E-state index contributed by atoms with van der Waals surface area (Å²) in [7, 11) is 0. The van der Waals surface area contributed by atoms with Gasteiger partial charge in [-0.1, -0.05) is 69.2 Å². The number of aryl methyl sites for hydroxylation is 1. The minimum Gasteiger partial charge on any atom is -0.265 e. The first-order chi connectivity index (χ1) is 11.6. The lowest BCUT2D eigenvalue weighted by Gasteiger charge is -1.99. The number of fused-ring (bicyclic) bond motifs is 1. The van der Waals surface area contributed by atoms with Crippen LogP contribution in [0.25, 0.3) is 26.8 Å². The van der Waals surface area contributed by atoms with Gasteiger partial charge in [-0.15, -0.1) is 10.2 Å². The summed E-state index contributed by atoms with van der Waals surface area (Å²) in [5, 5.41) is 13.4. The van der Waals surface area contributed by atoms with E-state index in [4.69, 9.17) is 0 Å². The largest absolute Gasteiger partial charge is 0.302 e. The summed E-state index contributed by atoms with van der Waals surface area (Å²) in [4.78, 5) is 13.2. The van der Waals surface area contributed by atoms with Crippen LogP contribution in [-0.4, -0.2) is 19.8 Å². The number of halogens is 1. The van der Waals surface area contributed by atoms with Crippen LogP contribution in [0.5, 0.6) is 0 Å². The summed E-state index contributed by atoms with van der Waals surface area (Å²) in [6, 6.07) is 15.4. The van der Waals surface area contributed by atoms with Gasteiger partial charge in [-0.05, 0) is 19.1 Å². The Morgan fingerprint density at radius 2 is 1.83 bits per heavy atom. The van der Waals surface area contributed by atoms with Crippen LogP contribution in [0.3, 0.4) is 0 Å². The van der Waals surface area contributed by atoms with Gasteiger partial charge in [0.05, 0.1) is 0 Å². The Balaban J connectivity index is 1.88. The van der Waals surface area contributed by atoms with E-state index in [1.54, 1.807) is 0 Å². The zero-order valence-electron chi connectivity index (χ0n) is 12.6. The molecule has 0 radical (unpaired) electrons. The molecule has 4 aromatic rings. The predicted octanol–water partition coefficient (Wildman–Crippen LogP) is 3.95. The normalized spacial score (nSPS) is 11.1. The van der Waals surface area contributed by atoms with Crippen molar-refractivity contribution in [1.29, 1.82) is 0 Å². The Labute approximate surface area is 149 Å². The van der Waals surface area contributed by atoms with Crippen LogP contribution in [0.1, 0.15) is 5.56 Å². The smallest absolute Gasteiger partial charge is 0.265 e. The van der Waals surface area contributed by atoms with Gasteiger partial charge < -0.3 is 0 Å². The van der Waals surface area contributed by atoms with Crippen LogP contribution < -0.4 is 5.56 Å². The quantitative estimate of drug-likeness (QED) is 0.512. The topological polar surface area (TPSA) is 60.1 Å². The molecule has 0 saturated heterocycles. The second-order valence-corrected chi connectivity index (χ2v) is 7.20. The maximum Gasteiger partial charge on any atom is 0.302 e. The molecule has 0 aliphatic carbocycles. The molecule has 0 atom stereocenters. The number of nitrogens with zero attached hydrogens (tertiary/aromatic N) is 4. The van der Waals surface area contributed by atoms with E-state index in [9.17, 15) is 4.79 Å². The lowest BCUT2D eigenvalue weighted by molar-refractivity contribution is 0.862. The lowest BCUT2D eigenvalue weighted by Crippen LogP contribution is -2.19.